The second kappa shape index (κ2) is 27.9. The minimum atomic E-state index is -0.458. The van der Waals surface area contributed by atoms with Crippen LogP contribution in [0, 0.1) is 0 Å². The molecule has 0 fully saturated rings. The molecule has 0 aromatic heterocycles. The third-order valence-electron chi connectivity index (χ3n) is 3.48. The van der Waals surface area contributed by atoms with E-state index in [1.54, 1.807) is 0 Å². The fraction of sp³-hybridized carbons (Fsp3) is 0.857. The Morgan fingerprint density at radius 3 is 1.00 bits per heavy atom. The van der Waals surface area contributed by atoms with Gasteiger partial charge in [0.25, 0.3) is 0 Å². The van der Waals surface area contributed by atoms with Crippen LogP contribution in [0.2, 0.25) is 0 Å². The summed E-state index contributed by atoms with van der Waals surface area (Å²) >= 11 is 0. The Hall–Kier alpha value is -1.15. The van der Waals surface area contributed by atoms with Crippen LogP contribution < -0.4 is 0 Å². The van der Waals surface area contributed by atoms with Crippen molar-refractivity contribution in [1.29, 1.82) is 0 Å². The van der Waals surface area contributed by atoms with E-state index in [9.17, 15) is 4.79 Å². The van der Waals surface area contributed by atoms with Crippen molar-refractivity contribution in [1.82, 2.24) is 0 Å². The van der Waals surface area contributed by atoms with E-state index in [1.807, 2.05) is 0 Å². The van der Waals surface area contributed by atoms with Gasteiger partial charge in [0.1, 0.15) is 6.61 Å². The molecule has 0 bridgehead atoms. The van der Waals surface area contributed by atoms with Crippen molar-refractivity contribution in [2.45, 2.75) is 0 Å². The number of aliphatic hydroxyl groups is 1. The topological polar surface area (TPSA) is 120 Å². The maximum Gasteiger partial charge on any atom is 0.330 e. The number of aliphatic hydroxyl groups excluding tert-OH is 1. The maximum atomic E-state index is 10.8. The average molecular weight is 469 g/mol. The van der Waals surface area contributed by atoms with E-state index >= 15 is 0 Å². The lowest BCUT2D eigenvalue weighted by molar-refractivity contribution is -0.139. The highest BCUT2D eigenvalue weighted by Crippen LogP contribution is 1.86. The molecular weight excluding hydrogens is 428 g/mol. The first-order chi connectivity index (χ1) is 15.8. The van der Waals surface area contributed by atoms with E-state index in [0.29, 0.717) is 106 Å². The van der Waals surface area contributed by atoms with Crippen LogP contribution in [0.15, 0.2) is 12.7 Å². The zero-order chi connectivity index (χ0) is 23.4. The van der Waals surface area contributed by atoms with Gasteiger partial charge in [-0.15, -0.1) is 0 Å². The molecule has 0 saturated carbocycles. The molecule has 0 unspecified atom stereocenters. The number of hydrogen-bond acceptors (Lipinski definition) is 11. The predicted octanol–water partition coefficient (Wildman–Crippen LogP) is -0.159. The summed E-state index contributed by atoms with van der Waals surface area (Å²) < 4.78 is 47.3. The Labute approximate surface area is 190 Å². The minimum Gasteiger partial charge on any atom is -0.460 e. The van der Waals surface area contributed by atoms with Crippen LogP contribution in [0.3, 0.4) is 0 Å². The molecule has 0 saturated heterocycles. The van der Waals surface area contributed by atoms with E-state index in [4.69, 9.17) is 47.7 Å². The van der Waals surface area contributed by atoms with E-state index in [-0.39, 0.29) is 13.2 Å². The van der Waals surface area contributed by atoms with Crippen LogP contribution >= 0.6 is 0 Å². The molecule has 1 N–H and O–H groups in total. The third kappa shape index (κ3) is 26.9. The first-order valence-corrected chi connectivity index (χ1v) is 10.8. The van der Waals surface area contributed by atoms with Crippen molar-refractivity contribution in [3.63, 3.8) is 0 Å². The lowest BCUT2D eigenvalue weighted by Crippen LogP contribution is -2.15. The summed E-state index contributed by atoms with van der Waals surface area (Å²) in [7, 11) is 0. The number of esters is 1. The van der Waals surface area contributed by atoms with Crippen LogP contribution in [0.5, 0.6) is 0 Å². The van der Waals surface area contributed by atoms with Crippen molar-refractivity contribution >= 4 is 5.97 Å². The number of carbonyl (C=O) groups is 1. The first-order valence-electron chi connectivity index (χ1n) is 10.8. The maximum absolute atomic E-state index is 10.8. The van der Waals surface area contributed by atoms with Gasteiger partial charge in [0.15, 0.2) is 0 Å². The van der Waals surface area contributed by atoms with Crippen molar-refractivity contribution in [2.75, 3.05) is 119 Å². The largest absolute Gasteiger partial charge is 0.460 e. The second-order valence-electron chi connectivity index (χ2n) is 5.99. The number of hydrogen-bond donors (Lipinski definition) is 1. The molecule has 0 spiro atoms. The molecule has 0 aliphatic carbocycles. The van der Waals surface area contributed by atoms with E-state index in [0.717, 1.165) is 6.08 Å². The first kappa shape index (κ1) is 30.9. The molecule has 11 heteroatoms. The summed E-state index contributed by atoms with van der Waals surface area (Å²) in [4.78, 5) is 10.8. The van der Waals surface area contributed by atoms with Gasteiger partial charge in [-0.05, 0) is 0 Å². The number of ether oxygens (including phenoxy) is 9. The Morgan fingerprint density at radius 2 is 0.750 bits per heavy atom. The summed E-state index contributed by atoms with van der Waals surface area (Å²) in [5.41, 5.74) is 0. The summed E-state index contributed by atoms with van der Waals surface area (Å²) in [6, 6.07) is 0. The quantitative estimate of drug-likeness (QED) is 0.0983. The molecule has 0 aliphatic rings. The molecule has 0 atom stereocenters. The van der Waals surface area contributed by atoms with Crippen molar-refractivity contribution in [3.05, 3.63) is 12.7 Å². The van der Waals surface area contributed by atoms with Crippen molar-refractivity contribution < 1.29 is 52.5 Å². The van der Waals surface area contributed by atoms with Gasteiger partial charge in [0.05, 0.1) is 112 Å². The Kier molecular flexibility index (Phi) is 26.9. The van der Waals surface area contributed by atoms with Gasteiger partial charge in [0, 0.05) is 6.08 Å². The lowest BCUT2D eigenvalue weighted by atomic mass is 10.6. The van der Waals surface area contributed by atoms with Gasteiger partial charge in [-0.3, -0.25) is 0 Å². The van der Waals surface area contributed by atoms with Crippen LogP contribution in [0.4, 0.5) is 0 Å². The highest BCUT2D eigenvalue weighted by Gasteiger charge is 1.96. The van der Waals surface area contributed by atoms with Gasteiger partial charge < -0.3 is 47.7 Å². The van der Waals surface area contributed by atoms with E-state index < -0.39 is 5.97 Å². The standard InChI is InChI=1S/C21H40O11/c1-2-21(23)32-20-19-31-18-17-30-16-15-29-14-13-28-12-11-27-10-9-26-8-7-25-6-5-24-4-3-22/h2,22H,1,3-20H2. The SMILES string of the molecule is C=CC(=O)OCCOCCOCCOCCOCCOCCOCCOCCOCCO. The van der Waals surface area contributed by atoms with Crippen LogP contribution in [0.1, 0.15) is 0 Å². The number of rotatable bonds is 27. The van der Waals surface area contributed by atoms with Crippen LogP contribution in [-0.4, -0.2) is 130 Å². The highest BCUT2D eigenvalue weighted by atomic mass is 16.6. The van der Waals surface area contributed by atoms with Gasteiger partial charge >= 0.3 is 5.97 Å². The lowest BCUT2D eigenvalue weighted by Gasteiger charge is -2.08. The molecule has 0 amide bonds. The fourth-order valence-corrected chi connectivity index (χ4v) is 1.97. The minimum absolute atomic E-state index is 0.0238. The third-order valence-corrected chi connectivity index (χ3v) is 3.48. The Balaban J connectivity index is 3.02. The van der Waals surface area contributed by atoms with E-state index in [2.05, 4.69) is 6.58 Å². The molecule has 0 aromatic carbocycles. The van der Waals surface area contributed by atoms with Gasteiger partial charge in [-0.1, -0.05) is 6.58 Å². The predicted molar refractivity (Wildman–Crippen MR) is 115 cm³/mol. The van der Waals surface area contributed by atoms with Gasteiger partial charge in [0.2, 0.25) is 0 Å². The summed E-state index contributed by atoms with van der Waals surface area (Å²) in [5.74, 6) is -0.458. The van der Waals surface area contributed by atoms with Gasteiger partial charge in [-0.25, -0.2) is 4.79 Å². The molecule has 0 radical (unpaired) electrons. The molecule has 190 valence electrons. The molecule has 0 heterocycles. The van der Waals surface area contributed by atoms with Crippen molar-refractivity contribution in [2.24, 2.45) is 0 Å². The van der Waals surface area contributed by atoms with Crippen LogP contribution in [-0.2, 0) is 47.4 Å². The zero-order valence-corrected chi connectivity index (χ0v) is 19.0. The monoisotopic (exact) mass is 468 g/mol. The van der Waals surface area contributed by atoms with Crippen LogP contribution in [0.25, 0.3) is 0 Å². The second-order valence-corrected chi connectivity index (χ2v) is 5.99. The summed E-state index contributed by atoms with van der Waals surface area (Å²) in [6.07, 6.45) is 1.11. The fourth-order valence-electron chi connectivity index (χ4n) is 1.97. The molecular formula is C21H40O11. The molecule has 0 aromatic rings. The Morgan fingerprint density at radius 1 is 0.500 bits per heavy atom. The number of carbonyl (C=O) groups excluding carboxylic acids is 1. The van der Waals surface area contributed by atoms with Crippen molar-refractivity contribution in [3.8, 4) is 0 Å². The zero-order valence-electron chi connectivity index (χ0n) is 19.0. The molecule has 11 nitrogen and oxygen atoms in total. The molecule has 32 heavy (non-hydrogen) atoms. The van der Waals surface area contributed by atoms with Gasteiger partial charge in [-0.2, -0.15) is 0 Å². The summed E-state index contributed by atoms with van der Waals surface area (Å²) in [6.45, 7) is 10.9. The van der Waals surface area contributed by atoms with E-state index in [1.165, 1.54) is 0 Å². The molecule has 0 rings (SSSR count). The summed E-state index contributed by atoms with van der Waals surface area (Å²) in [5, 5.41) is 8.54. The molecule has 0 aliphatic heterocycles. The normalized spacial score (nSPS) is 11.0. The highest BCUT2D eigenvalue weighted by molar-refractivity contribution is 5.81. The smallest absolute Gasteiger partial charge is 0.330 e. The Bertz CT molecular complexity index is 396. The average Bonchev–Trinajstić information content (AvgIpc) is 2.81.